The van der Waals surface area contributed by atoms with Crippen molar-refractivity contribution in [3.63, 3.8) is 0 Å². The number of nitrogens with zero attached hydrogens (tertiary/aromatic N) is 1. The lowest BCUT2D eigenvalue weighted by Crippen LogP contribution is -2.57. The molecule has 0 aromatic carbocycles. The summed E-state index contributed by atoms with van der Waals surface area (Å²) >= 11 is 4.35. The van der Waals surface area contributed by atoms with E-state index in [1.807, 2.05) is 0 Å². The summed E-state index contributed by atoms with van der Waals surface area (Å²) in [6, 6.07) is 1.53. The average molecular weight is 272 g/mol. The molecule has 4 heteroatoms. The molecule has 0 aromatic rings. The van der Waals surface area contributed by atoms with Gasteiger partial charge in [-0.1, -0.05) is 0 Å². The third kappa shape index (κ3) is 3.34. The number of thioether (sulfide) groups is 2. The molecular formula is C13H24N2S2. The fourth-order valence-electron chi connectivity index (χ4n) is 2.92. The fraction of sp³-hybridized carbons (Fsp3) is 1.00. The molecule has 2 nitrogen and oxygen atoms in total. The first kappa shape index (κ1) is 12.6. The quantitative estimate of drug-likeness (QED) is 0.844. The number of piperazine rings is 1. The molecule has 3 aliphatic rings. The van der Waals surface area contributed by atoms with Crippen molar-refractivity contribution >= 4 is 23.5 Å². The first-order valence-corrected chi connectivity index (χ1v) is 9.20. The average Bonchev–Trinajstić information content (AvgIpc) is 3.17. The zero-order valence-electron chi connectivity index (χ0n) is 10.7. The van der Waals surface area contributed by atoms with E-state index in [0.29, 0.717) is 0 Å². The van der Waals surface area contributed by atoms with Crippen molar-refractivity contribution in [1.82, 2.24) is 10.2 Å². The van der Waals surface area contributed by atoms with Crippen molar-refractivity contribution in [2.24, 2.45) is 5.92 Å². The third-order valence-corrected chi connectivity index (χ3v) is 7.07. The molecule has 2 heterocycles. The van der Waals surface area contributed by atoms with Crippen LogP contribution in [0.3, 0.4) is 0 Å². The maximum Gasteiger partial charge on any atom is 0.0265 e. The zero-order valence-corrected chi connectivity index (χ0v) is 12.4. The summed E-state index contributed by atoms with van der Waals surface area (Å²) in [5.74, 6) is 5.10. The summed E-state index contributed by atoms with van der Waals surface area (Å²) < 4.78 is 0. The Morgan fingerprint density at radius 3 is 2.88 bits per heavy atom. The van der Waals surface area contributed by atoms with Gasteiger partial charge in [0, 0.05) is 54.2 Å². The highest BCUT2D eigenvalue weighted by Crippen LogP contribution is 2.34. The molecule has 3 unspecified atom stereocenters. The molecule has 2 saturated heterocycles. The largest absolute Gasteiger partial charge is 0.311 e. The minimum atomic E-state index is 0.734. The van der Waals surface area contributed by atoms with Gasteiger partial charge >= 0.3 is 0 Å². The number of rotatable bonds is 3. The molecule has 0 radical (unpaired) electrons. The molecule has 0 bridgehead atoms. The van der Waals surface area contributed by atoms with Crippen LogP contribution in [0.1, 0.15) is 19.8 Å². The summed E-state index contributed by atoms with van der Waals surface area (Å²) in [5, 5.41) is 4.63. The van der Waals surface area contributed by atoms with Gasteiger partial charge in [0.05, 0.1) is 0 Å². The minimum Gasteiger partial charge on any atom is -0.311 e. The van der Waals surface area contributed by atoms with Crippen molar-refractivity contribution < 1.29 is 0 Å². The van der Waals surface area contributed by atoms with Crippen LogP contribution in [0.4, 0.5) is 0 Å². The van der Waals surface area contributed by atoms with Crippen molar-refractivity contribution in [3.05, 3.63) is 0 Å². The summed E-state index contributed by atoms with van der Waals surface area (Å²) in [5.41, 5.74) is 0. The molecule has 1 saturated carbocycles. The summed E-state index contributed by atoms with van der Waals surface area (Å²) in [4.78, 5) is 2.75. The lowest BCUT2D eigenvalue weighted by Gasteiger charge is -2.41. The lowest BCUT2D eigenvalue weighted by atomic mass is 10.1. The Labute approximate surface area is 114 Å². The highest BCUT2D eigenvalue weighted by Gasteiger charge is 2.36. The van der Waals surface area contributed by atoms with Crippen LogP contribution in [0.25, 0.3) is 0 Å². The Bertz CT molecular complexity index is 252. The molecule has 3 rings (SSSR count). The molecular weight excluding hydrogens is 248 g/mol. The molecule has 1 N–H and O–H groups in total. The van der Waals surface area contributed by atoms with Crippen LogP contribution in [0.15, 0.2) is 0 Å². The van der Waals surface area contributed by atoms with E-state index in [0.717, 1.165) is 23.3 Å². The molecule has 17 heavy (non-hydrogen) atoms. The van der Waals surface area contributed by atoms with E-state index in [1.165, 1.54) is 49.7 Å². The van der Waals surface area contributed by atoms with E-state index >= 15 is 0 Å². The van der Waals surface area contributed by atoms with E-state index in [2.05, 4.69) is 40.7 Å². The van der Waals surface area contributed by atoms with Crippen LogP contribution in [0.2, 0.25) is 0 Å². The van der Waals surface area contributed by atoms with Crippen molar-refractivity contribution in [3.8, 4) is 0 Å². The maximum atomic E-state index is 3.74. The second-order valence-corrected chi connectivity index (χ2v) is 8.28. The zero-order chi connectivity index (χ0) is 11.7. The van der Waals surface area contributed by atoms with E-state index in [9.17, 15) is 0 Å². The van der Waals surface area contributed by atoms with Gasteiger partial charge in [-0.05, 0) is 25.7 Å². The first-order chi connectivity index (χ1) is 8.33. The number of hydrogen-bond acceptors (Lipinski definition) is 4. The molecule has 0 spiro atoms. The monoisotopic (exact) mass is 272 g/mol. The van der Waals surface area contributed by atoms with Gasteiger partial charge in [-0.2, -0.15) is 23.5 Å². The number of hydrogen-bond donors (Lipinski definition) is 1. The van der Waals surface area contributed by atoms with E-state index in [-0.39, 0.29) is 0 Å². The van der Waals surface area contributed by atoms with Crippen LogP contribution in [-0.4, -0.2) is 59.1 Å². The maximum absolute atomic E-state index is 3.74. The van der Waals surface area contributed by atoms with Crippen LogP contribution >= 0.6 is 23.5 Å². The Balaban J connectivity index is 1.52. The molecule has 0 amide bonds. The Hall–Kier alpha value is 0.620. The molecule has 0 aromatic heterocycles. The summed E-state index contributed by atoms with van der Waals surface area (Å²) in [7, 11) is 0. The topological polar surface area (TPSA) is 15.3 Å². The first-order valence-electron chi connectivity index (χ1n) is 6.99. The SMILES string of the molecule is CC1CNC(C2CC2)CN1CC1CSCCS1. The fourth-order valence-corrected chi connectivity index (χ4v) is 5.62. The van der Waals surface area contributed by atoms with Crippen LogP contribution < -0.4 is 5.32 Å². The van der Waals surface area contributed by atoms with Crippen LogP contribution in [-0.2, 0) is 0 Å². The van der Waals surface area contributed by atoms with Crippen molar-refractivity contribution in [2.45, 2.75) is 37.1 Å². The van der Waals surface area contributed by atoms with Gasteiger partial charge in [-0.15, -0.1) is 0 Å². The second-order valence-electron chi connectivity index (χ2n) is 5.72. The van der Waals surface area contributed by atoms with Gasteiger partial charge in [0.1, 0.15) is 0 Å². The molecule has 3 fully saturated rings. The van der Waals surface area contributed by atoms with Crippen molar-refractivity contribution in [2.75, 3.05) is 36.9 Å². The lowest BCUT2D eigenvalue weighted by molar-refractivity contribution is 0.135. The highest BCUT2D eigenvalue weighted by molar-refractivity contribution is 8.06. The normalized spacial score (nSPS) is 40.4. The van der Waals surface area contributed by atoms with E-state index < -0.39 is 0 Å². The Morgan fingerprint density at radius 1 is 1.29 bits per heavy atom. The van der Waals surface area contributed by atoms with E-state index in [4.69, 9.17) is 0 Å². The van der Waals surface area contributed by atoms with Gasteiger partial charge in [0.25, 0.3) is 0 Å². The van der Waals surface area contributed by atoms with Gasteiger partial charge in [0.15, 0.2) is 0 Å². The van der Waals surface area contributed by atoms with Crippen LogP contribution in [0, 0.1) is 5.92 Å². The Morgan fingerprint density at radius 2 is 2.18 bits per heavy atom. The van der Waals surface area contributed by atoms with Crippen LogP contribution in [0.5, 0.6) is 0 Å². The predicted molar refractivity (Wildman–Crippen MR) is 79.1 cm³/mol. The smallest absolute Gasteiger partial charge is 0.0265 e. The third-order valence-electron chi connectivity index (χ3n) is 4.24. The highest BCUT2D eigenvalue weighted by atomic mass is 32.2. The molecule has 3 atom stereocenters. The Kier molecular flexibility index (Phi) is 4.26. The molecule has 98 valence electrons. The van der Waals surface area contributed by atoms with Crippen molar-refractivity contribution in [1.29, 1.82) is 0 Å². The molecule has 2 aliphatic heterocycles. The van der Waals surface area contributed by atoms with E-state index in [1.54, 1.807) is 0 Å². The second kappa shape index (κ2) is 5.72. The van der Waals surface area contributed by atoms with Gasteiger partial charge < -0.3 is 5.32 Å². The van der Waals surface area contributed by atoms with Gasteiger partial charge in [-0.25, -0.2) is 0 Å². The van der Waals surface area contributed by atoms with Gasteiger partial charge in [-0.3, -0.25) is 4.90 Å². The standard InChI is InChI=1S/C13H24N2S2/c1-10-6-14-13(11-2-3-11)8-15(10)7-12-9-16-4-5-17-12/h10-14H,2-9H2,1H3. The molecule has 1 aliphatic carbocycles. The summed E-state index contributed by atoms with van der Waals surface area (Å²) in [6.45, 7) is 6.21. The summed E-state index contributed by atoms with van der Waals surface area (Å²) in [6.07, 6.45) is 2.93. The number of nitrogens with one attached hydrogen (secondary N) is 1. The minimum absolute atomic E-state index is 0.734. The predicted octanol–water partition coefficient (Wildman–Crippen LogP) is 1.91. The van der Waals surface area contributed by atoms with Gasteiger partial charge in [0.2, 0.25) is 0 Å².